The Morgan fingerprint density at radius 3 is 2.35 bits per heavy atom. The van der Waals surface area contributed by atoms with Gasteiger partial charge in [0.2, 0.25) is 11.8 Å². The zero-order valence-corrected chi connectivity index (χ0v) is 15.9. The first-order valence-electron chi connectivity index (χ1n) is 11.0. The zero-order chi connectivity index (χ0) is 17.7. The van der Waals surface area contributed by atoms with Crippen molar-refractivity contribution in [1.82, 2.24) is 14.7 Å². The van der Waals surface area contributed by atoms with Crippen LogP contribution in [0.4, 0.5) is 0 Å². The molecule has 5 aliphatic rings. The lowest BCUT2D eigenvalue weighted by Gasteiger charge is -2.39. The van der Waals surface area contributed by atoms with Crippen LogP contribution in [0.15, 0.2) is 0 Å². The largest absolute Gasteiger partial charge is 0.340 e. The number of carbonyl (C=O) groups is 2. The van der Waals surface area contributed by atoms with Gasteiger partial charge in [0.05, 0.1) is 5.92 Å². The van der Waals surface area contributed by atoms with Gasteiger partial charge in [-0.25, -0.2) is 0 Å². The molecule has 2 amide bonds. The topological polar surface area (TPSA) is 43.9 Å². The van der Waals surface area contributed by atoms with Gasteiger partial charge in [-0.15, -0.1) is 0 Å². The standard InChI is InChI=1S/C21H33N3O2/c25-20-13-17(14-24(20)19-12-15-5-6-16(19)11-15)21(26)23-9-7-22(8-10-23)18-3-1-2-4-18/h15-19H,1-14H2. The van der Waals surface area contributed by atoms with Crippen LogP contribution in [0.5, 0.6) is 0 Å². The number of hydrogen-bond donors (Lipinski definition) is 0. The van der Waals surface area contributed by atoms with E-state index in [9.17, 15) is 9.59 Å². The van der Waals surface area contributed by atoms with Gasteiger partial charge in [-0.1, -0.05) is 19.3 Å². The van der Waals surface area contributed by atoms with Gasteiger partial charge in [-0.3, -0.25) is 14.5 Å². The van der Waals surface area contributed by atoms with Gasteiger partial charge in [0.1, 0.15) is 0 Å². The minimum absolute atomic E-state index is 0.0837. The highest BCUT2D eigenvalue weighted by molar-refractivity contribution is 5.89. The van der Waals surface area contributed by atoms with Crippen LogP contribution in [0.3, 0.4) is 0 Å². The van der Waals surface area contributed by atoms with Gasteiger partial charge in [0.25, 0.3) is 0 Å². The first-order chi connectivity index (χ1) is 12.7. The molecular weight excluding hydrogens is 326 g/mol. The van der Waals surface area contributed by atoms with E-state index >= 15 is 0 Å². The smallest absolute Gasteiger partial charge is 0.228 e. The number of nitrogens with zero attached hydrogens (tertiary/aromatic N) is 3. The van der Waals surface area contributed by atoms with E-state index in [-0.39, 0.29) is 17.7 Å². The third kappa shape index (κ3) is 2.96. The van der Waals surface area contributed by atoms with Gasteiger partial charge < -0.3 is 9.80 Å². The summed E-state index contributed by atoms with van der Waals surface area (Å²) in [6, 6.07) is 1.20. The Hall–Kier alpha value is -1.10. The molecule has 3 saturated carbocycles. The Morgan fingerprint density at radius 1 is 0.923 bits per heavy atom. The predicted molar refractivity (Wildman–Crippen MR) is 99.5 cm³/mol. The summed E-state index contributed by atoms with van der Waals surface area (Å²) in [5.74, 6) is 1.96. The van der Waals surface area contributed by atoms with Crippen LogP contribution in [-0.4, -0.2) is 71.3 Å². The van der Waals surface area contributed by atoms with Gasteiger partial charge in [0, 0.05) is 51.2 Å². The minimum atomic E-state index is -0.0837. The van der Waals surface area contributed by atoms with Crippen LogP contribution in [-0.2, 0) is 9.59 Å². The van der Waals surface area contributed by atoms with Gasteiger partial charge in [0.15, 0.2) is 0 Å². The summed E-state index contributed by atoms with van der Waals surface area (Å²) >= 11 is 0. The van der Waals surface area contributed by atoms with Gasteiger partial charge in [-0.2, -0.15) is 0 Å². The molecular formula is C21H33N3O2. The molecule has 0 N–H and O–H groups in total. The van der Waals surface area contributed by atoms with Crippen LogP contribution in [0, 0.1) is 17.8 Å². The molecule has 144 valence electrons. The van der Waals surface area contributed by atoms with E-state index < -0.39 is 0 Å². The highest BCUT2D eigenvalue weighted by Gasteiger charge is 2.48. The molecule has 2 saturated heterocycles. The van der Waals surface area contributed by atoms with Crippen molar-refractivity contribution < 1.29 is 9.59 Å². The van der Waals surface area contributed by atoms with E-state index in [0.29, 0.717) is 24.9 Å². The predicted octanol–water partition coefficient (Wildman–Crippen LogP) is 2.11. The van der Waals surface area contributed by atoms with Crippen molar-refractivity contribution in [3.8, 4) is 0 Å². The van der Waals surface area contributed by atoms with Crippen LogP contribution >= 0.6 is 0 Å². The fourth-order valence-corrected chi connectivity index (χ4v) is 6.65. The first kappa shape index (κ1) is 17.0. The Balaban J connectivity index is 1.16. The van der Waals surface area contributed by atoms with Gasteiger partial charge >= 0.3 is 0 Å². The quantitative estimate of drug-likeness (QED) is 0.775. The van der Waals surface area contributed by atoms with E-state index in [4.69, 9.17) is 0 Å². The molecule has 5 nitrogen and oxygen atoms in total. The van der Waals surface area contributed by atoms with Crippen molar-refractivity contribution >= 4 is 11.8 Å². The molecule has 5 rings (SSSR count). The minimum Gasteiger partial charge on any atom is -0.340 e. The summed E-state index contributed by atoms with van der Waals surface area (Å²) in [5, 5.41) is 0. The molecule has 2 heterocycles. The maximum absolute atomic E-state index is 13.0. The van der Waals surface area contributed by atoms with Crippen LogP contribution in [0.2, 0.25) is 0 Å². The fourth-order valence-electron chi connectivity index (χ4n) is 6.65. The maximum Gasteiger partial charge on any atom is 0.228 e. The summed E-state index contributed by atoms with van der Waals surface area (Å²) in [4.78, 5) is 32.4. The van der Waals surface area contributed by atoms with E-state index in [1.807, 2.05) is 4.90 Å². The average molecular weight is 360 g/mol. The number of fused-ring (bicyclic) bond motifs is 2. The van der Waals surface area contributed by atoms with Crippen molar-refractivity contribution in [2.45, 2.75) is 69.9 Å². The molecule has 26 heavy (non-hydrogen) atoms. The Labute approximate surface area is 157 Å². The summed E-state index contributed by atoms with van der Waals surface area (Å²) in [7, 11) is 0. The molecule has 2 bridgehead atoms. The maximum atomic E-state index is 13.0. The van der Waals surface area contributed by atoms with Gasteiger partial charge in [-0.05, 0) is 43.9 Å². The SMILES string of the molecule is O=C(C1CC(=O)N(C2CC3CCC2C3)C1)N1CCN(C2CCCC2)CC1. The molecule has 0 radical (unpaired) electrons. The van der Waals surface area contributed by atoms with E-state index in [1.165, 1.54) is 51.4 Å². The molecule has 0 aromatic heterocycles. The third-order valence-corrected chi connectivity index (χ3v) is 8.08. The normalized spacial score (nSPS) is 38.7. The molecule has 2 aliphatic heterocycles. The number of piperazine rings is 1. The molecule has 0 spiro atoms. The van der Waals surface area contributed by atoms with Crippen molar-refractivity contribution in [3.63, 3.8) is 0 Å². The number of likely N-dealkylation sites (tertiary alicyclic amines) is 1. The molecule has 4 unspecified atom stereocenters. The second-order valence-corrected chi connectivity index (χ2v) is 9.49. The van der Waals surface area contributed by atoms with Crippen LogP contribution < -0.4 is 0 Å². The molecule has 3 aliphatic carbocycles. The second-order valence-electron chi connectivity index (χ2n) is 9.49. The molecule has 5 heteroatoms. The Morgan fingerprint density at radius 2 is 1.69 bits per heavy atom. The lowest BCUT2D eigenvalue weighted by atomic mass is 9.94. The highest BCUT2D eigenvalue weighted by atomic mass is 16.2. The monoisotopic (exact) mass is 359 g/mol. The molecule has 5 fully saturated rings. The molecule has 4 atom stereocenters. The Kier molecular flexibility index (Phi) is 4.46. The number of amides is 2. The van der Waals surface area contributed by atoms with Crippen molar-refractivity contribution in [2.24, 2.45) is 17.8 Å². The van der Waals surface area contributed by atoms with E-state index in [1.54, 1.807) is 0 Å². The summed E-state index contributed by atoms with van der Waals surface area (Å²) < 4.78 is 0. The fraction of sp³-hybridized carbons (Fsp3) is 0.905. The third-order valence-electron chi connectivity index (χ3n) is 8.08. The lowest BCUT2D eigenvalue weighted by Crippen LogP contribution is -2.53. The first-order valence-corrected chi connectivity index (χ1v) is 11.0. The highest BCUT2D eigenvalue weighted by Crippen LogP contribution is 2.47. The van der Waals surface area contributed by atoms with E-state index in [2.05, 4.69) is 9.80 Å². The number of rotatable bonds is 3. The Bertz CT molecular complexity index is 566. The molecule has 0 aromatic rings. The molecule has 0 aromatic carbocycles. The van der Waals surface area contributed by atoms with Crippen molar-refractivity contribution in [1.29, 1.82) is 0 Å². The lowest BCUT2D eigenvalue weighted by molar-refractivity contribution is -0.137. The zero-order valence-electron chi connectivity index (χ0n) is 15.9. The van der Waals surface area contributed by atoms with Crippen molar-refractivity contribution in [2.75, 3.05) is 32.7 Å². The van der Waals surface area contributed by atoms with Crippen LogP contribution in [0.1, 0.15) is 57.8 Å². The van der Waals surface area contributed by atoms with E-state index in [0.717, 1.165) is 38.1 Å². The van der Waals surface area contributed by atoms with Crippen molar-refractivity contribution in [3.05, 3.63) is 0 Å². The second kappa shape index (κ2) is 6.81. The summed E-state index contributed by atoms with van der Waals surface area (Å²) in [5.41, 5.74) is 0. The van der Waals surface area contributed by atoms with Crippen LogP contribution in [0.25, 0.3) is 0 Å². The summed E-state index contributed by atoms with van der Waals surface area (Å²) in [6.07, 6.45) is 11.0. The average Bonchev–Trinajstić information content (AvgIpc) is 3.44. The summed E-state index contributed by atoms with van der Waals surface area (Å²) in [6.45, 7) is 4.44. The number of carbonyl (C=O) groups excluding carboxylic acids is 2. The number of hydrogen-bond acceptors (Lipinski definition) is 3.